The average Bonchev–Trinajstić information content (AvgIpc) is 3.17. The molecule has 4 rings (SSSR count). The summed E-state index contributed by atoms with van der Waals surface area (Å²) < 4.78 is 5.09. The molecule has 6 heteroatoms. The second kappa shape index (κ2) is 10.1. The molecular weight excluding hydrogens is 414 g/mol. The smallest absolute Gasteiger partial charge is 0.338 e. The second-order valence-corrected chi connectivity index (χ2v) is 7.73. The highest BCUT2D eigenvalue weighted by Crippen LogP contribution is 2.38. The third-order valence-corrected chi connectivity index (χ3v) is 5.47. The maximum Gasteiger partial charge on any atom is 0.338 e. The number of carbonyl (C=O) groups excluding carboxylic acids is 2. The predicted molar refractivity (Wildman–Crippen MR) is 132 cm³/mol. The Morgan fingerprint density at radius 2 is 1.73 bits per heavy atom. The van der Waals surface area contributed by atoms with E-state index in [-0.39, 0.29) is 5.91 Å². The zero-order chi connectivity index (χ0) is 23.2. The van der Waals surface area contributed by atoms with E-state index in [1.165, 1.54) is 5.56 Å². The molecule has 168 valence electrons. The maximum atomic E-state index is 13.1. The molecule has 0 saturated heterocycles. The van der Waals surface area contributed by atoms with E-state index in [4.69, 9.17) is 4.74 Å². The monoisotopic (exact) mass is 441 g/mol. The van der Waals surface area contributed by atoms with Crippen LogP contribution < -0.4 is 16.0 Å². The molecule has 0 radical (unpaired) electrons. The maximum absolute atomic E-state index is 13.1. The first-order valence-electron chi connectivity index (χ1n) is 11.0. The zero-order valence-corrected chi connectivity index (χ0v) is 18.8. The first-order chi connectivity index (χ1) is 16.1. The third-order valence-electron chi connectivity index (χ3n) is 5.47. The van der Waals surface area contributed by atoms with Gasteiger partial charge in [0.2, 0.25) is 0 Å². The van der Waals surface area contributed by atoms with Crippen LogP contribution >= 0.6 is 0 Å². The Balaban J connectivity index is 1.74. The molecule has 0 aromatic heterocycles. The van der Waals surface area contributed by atoms with Gasteiger partial charge in [-0.15, -0.1) is 0 Å². The highest BCUT2D eigenvalue weighted by Gasteiger charge is 2.29. The fourth-order valence-corrected chi connectivity index (χ4v) is 3.81. The largest absolute Gasteiger partial charge is 0.462 e. The van der Waals surface area contributed by atoms with Gasteiger partial charge in [0.1, 0.15) is 0 Å². The van der Waals surface area contributed by atoms with Crippen molar-refractivity contribution in [3.63, 3.8) is 0 Å². The van der Waals surface area contributed by atoms with Crippen LogP contribution in [0.3, 0.4) is 0 Å². The van der Waals surface area contributed by atoms with Gasteiger partial charge in [-0.25, -0.2) is 4.79 Å². The Kier molecular flexibility index (Phi) is 6.86. The van der Waals surface area contributed by atoms with Gasteiger partial charge in [0.05, 0.1) is 29.1 Å². The molecule has 1 aliphatic rings. The number of carbonyl (C=O) groups is 2. The van der Waals surface area contributed by atoms with Crippen molar-refractivity contribution in [1.82, 2.24) is 5.32 Å². The number of likely N-dealkylation sites (N-methyl/N-ethyl adjacent to an activating group) is 1. The van der Waals surface area contributed by atoms with Crippen LogP contribution in [0, 0.1) is 0 Å². The van der Waals surface area contributed by atoms with E-state index in [2.05, 4.69) is 28.1 Å². The second-order valence-electron chi connectivity index (χ2n) is 7.73. The average molecular weight is 442 g/mol. The summed E-state index contributed by atoms with van der Waals surface area (Å²) in [6.45, 7) is 2.97. The number of esters is 1. The van der Waals surface area contributed by atoms with Gasteiger partial charge >= 0.3 is 5.97 Å². The fourth-order valence-electron chi connectivity index (χ4n) is 3.81. The van der Waals surface area contributed by atoms with E-state index in [1.54, 1.807) is 25.1 Å². The van der Waals surface area contributed by atoms with Crippen molar-refractivity contribution in [1.29, 1.82) is 0 Å². The number of benzene rings is 3. The summed E-state index contributed by atoms with van der Waals surface area (Å²) in [7, 11) is 1.94. The molecule has 0 bridgehead atoms. The van der Waals surface area contributed by atoms with Crippen molar-refractivity contribution in [2.75, 3.05) is 30.8 Å². The molecule has 3 aromatic rings. The number of hydrogen-bond donors (Lipinski definition) is 3. The molecule has 0 aliphatic carbocycles. The van der Waals surface area contributed by atoms with E-state index in [9.17, 15) is 9.59 Å². The SMILES string of the molecule is CCOC(=O)c1ccc2c(c1)NC(=O)/C2=C(\Nc1ccc(CCNC)cc1)c1ccccc1. The molecule has 1 amide bonds. The van der Waals surface area contributed by atoms with Gasteiger partial charge in [0.25, 0.3) is 5.91 Å². The summed E-state index contributed by atoms with van der Waals surface area (Å²) in [6, 6.07) is 23.1. The van der Waals surface area contributed by atoms with Gasteiger partial charge in [-0.1, -0.05) is 48.5 Å². The lowest BCUT2D eigenvalue weighted by Crippen LogP contribution is -2.11. The summed E-state index contributed by atoms with van der Waals surface area (Å²) in [5, 5.41) is 9.52. The normalized spacial score (nSPS) is 13.8. The van der Waals surface area contributed by atoms with E-state index < -0.39 is 5.97 Å². The third kappa shape index (κ3) is 4.96. The molecule has 0 saturated carbocycles. The van der Waals surface area contributed by atoms with Crippen LogP contribution in [0.1, 0.15) is 34.0 Å². The van der Waals surface area contributed by atoms with Crippen molar-refractivity contribution in [2.24, 2.45) is 0 Å². The number of ether oxygens (including phenoxy) is 1. The van der Waals surface area contributed by atoms with Gasteiger partial charge in [-0.2, -0.15) is 0 Å². The molecule has 33 heavy (non-hydrogen) atoms. The summed E-state index contributed by atoms with van der Waals surface area (Å²) in [5.41, 5.74) is 6.00. The number of rotatable bonds is 8. The Hall–Kier alpha value is -3.90. The molecule has 1 heterocycles. The number of fused-ring (bicyclic) bond motifs is 1. The van der Waals surface area contributed by atoms with Crippen molar-refractivity contribution < 1.29 is 14.3 Å². The van der Waals surface area contributed by atoms with E-state index in [1.807, 2.05) is 49.5 Å². The van der Waals surface area contributed by atoms with Gasteiger partial charge in [0, 0.05) is 11.3 Å². The van der Waals surface area contributed by atoms with Crippen LogP contribution in [0.25, 0.3) is 11.3 Å². The number of hydrogen-bond acceptors (Lipinski definition) is 5. The Morgan fingerprint density at radius 3 is 2.42 bits per heavy atom. The minimum atomic E-state index is -0.410. The highest BCUT2D eigenvalue weighted by molar-refractivity contribution is 6.37. The predicted octanol–water partition coefficient (Wildman–Crippen LogP) is 4.56. The zero-order valence-electron chi connectivity index (χ0n) is 18.8. The lowest BCUT2D eigenvalue weighted by Gasteiger charge is -2.15. The molecule has 6 nitrogen and oxygen atoms in total. The van der Waals surface area contributed by atoms with Crippen LogP contribution in [0.5, 0.6) is 0 Å². The molecule has 0 fully saturated rings. The first-order valence-corrected chi connectivity index (χ1v) is 11.0. The van der Waals surface area contributed by atoms with Gasteiger partial charge < -0.3 is 20.7 Å². The molecule has 1 aliphatic heterocycles. The van der Waals surface area contributed by atoms with Crippen LogP contribution in [0.15, 0.2) is 72.8 Å². The van der Waals surface area contributed by atoms with E-state index >= 15 is 0 Å². The van der Waals surface area contributed by atoms with Crippen LogP contribution in [-0.2, 0) is 16.0 Å². The quantitative estimate of drug-likeness (QED) is 0.353. The number of anilines is 2. The van der Waals surface area contributed by atoms with Gasteiger partial charge in [-0.3, -0.25) is 4.79 Å². The highest BCUT2D eigenvalue weighted by atomic mass is 16.5. The number of amides is 1. The minimum absolute atomic E-state index is 0.219. The first kappa shape index (κ1) is 22.3. The summed E-state index contributed by atoms with van der Waals surface area (Å²) in [5.74, 6) is -0.630. The molecule has 0 atom stereocenters. The van der Waals surface area contributed by atoms with Gasteiger partial charge in [-0.05, 0) is 62.3 Å². The van der Waals surface area contributed by atoms with Gasteiger partial charge in [0.15, 0.2) is 0 Å². The minimum Gasteiger partial charge on any atom is -0.462 e. The topological polar surface area (TPSA) is 79.5 Å². The van der Waals surface area contributed by atoms with Crippen molar-refractivity contribution in [2.45, 2.75) is 13.3 Å². The fraction of sp³-hybridized carbons (Fsp3) is 0.185. The van der Waals surface area contributed by atoms with Crippen LogP contribution in [-0.4, -0.2) is 32.1 Å². The van der Waals surface area contributed by atoms with Crippen molar-refractivity contribution in [3.8, 4) is 0 Å². The molecular formula is C27H27N3O3. The van der Waals surface area contributed by atoms with Crippen molar-refractivity contribution >= 4 is 34.5 Å². The summed E-state index contributed by atoms with van der Waals surface area (Å²) in [6.07, 6.45) is 0.946. The summed E-state index contributed by atoms with van der Waals surface area (Å²) >= 11 is 0. The van der Waals surface area contributed by atoms with Crippen molar-refractivity contribution in [3.05, 3.63) is 95.1 Å². The Morgan fingerprint density at radius 1 is 0.970 bits per heavy atom. The molecule has 0 unspecified atom stereocenters. The van der Waals surface area contributed by atoms with Crippen LogP contribution in [0.2, 0.25) is 0 Å². The molecule has 3 aromatic carbocycles. The molecule has 3 N–H and O–H groups in total. The Bertz CT molecular complexity index is 1180. The lowest BCUT2D eigenvalue weighted by molar-refractivity contribution is -0.110. The number of nitrogens with one attached hydrogen (secondary N) is 3. The lowest BCUT2D eigenvalue weighted by atomic mass is 9.99. The molecule has 0 spiro atoms. The Labute approximate surface area is 193 Å². The van der Waals surface area contributed by atoms with E-state index in [0.29, 0.717) is 29.1 Å². The van der Waals surface area contributed by atoms with E-state index in [0.717, 1.165) is 29.8 Å². The standard InChI is InChI=1S/C27H27N3O3/c1-3-33-27(32)20-11-14-22-23(17-20)30-26(31)24(22)25(19-7-5-4-6-8-19)29-21-12-9-18(10-13-21)15-16-28-2/h4-14,17,28-29H,3,15-16H2,1-2H3,(H,30,31)/b25-24-. The summed E-state index contributed by atoms with van der Waals surface area (Å²) in [4.78, 5) is 25.2. The van der Waals surface area contributed by atoms with Crippen LogP contribution in [0.4, 0.5) is 11.4 Å².